The lowest BCUT2D eigenvalue weighted by molar-refractivity contribution is 0.0145. The van der Waals surface area contributed by atoms with Crippen LogP contribution in [0.4, 0.5) is 8.78 Å². The van der Waals surface area contributed by atoms with Gasteiger partial charge in [-0.2, -0.15) is 0 Å². The van der Waals surface area contributed by atoms with Crippen molar-refractivity contribution in [2.45, 2.75) is 19.5 Å². The summed E-state index contributed by atoms with van der Waals surface area (Å²) >= 11 is 0. The van der Waals surface area contributed by atoms with Crippen LogP contribution in [0.5, 0.6) is 11.5 Å². The van der Waals surface area contributed by atoms with Crippen LogP contribution in [0, 0.1) is 0 Å². The SMILES string of the molecule is COc1cc(CO)cc(C(C)(F)F)c1OC. The molecule has 16 heavy (non-hydrogen) atoms. The van der Waals surface area contributed by atoms with Crippen molar-refractivity contribution in [3.63, 3.8) is 0 Å². The van der Waals surface area contributed by atoms with Crippen LogP contribution >= 0.6 is 0 Å². The molecule has 0 aliphatic carbocycles. The number of methoxy groups -OCH3 is 2. The first kappa shape index (κ1) is 12.7. The van der Waals surface area contributed by atoms with Crippen LogP contribution < -0.4 is 9.47 Å². The number of ether oxygens (including phenoxy) is 2. The molecule has 0 radical (unpaired) electrons. The molecular formula is C11H14F2O3. The van der Waals surface area contributed by atoms with Crippen molar-refractivity contribution in [2.75, 3.05) is 14.2 Å². The Morgan fingerprint density at radius 2 is 1.88 bits per heavy atom. The summed E-state index contributed by atoms with van der Waals surface area (Å²) in [4.78, 5) is 0. The molecule has 0 saturated heterocycles. The van der Waals surface area contributed by atoms with Gasteiger partial charge in [-0.15, -0.1) is 0 Å². The molecule has 0 unspecified atom stereocenters. The monoisotopic (exact) mass is 232 g/mol. The molecule has 90 valence electrons. The molecule has 0 aromatic heterocycles. The second kappa shape index (κ2) is 4.65. The zero-order valence-corrected chi connectivity index (χ0v) is 9.38. The molecular weight excluding hydrogens is 218 g/mol. The van der Waals surface area contributed by atoms with Gasteiger partial charge >= 0.3 is 0 Å². The normalized spacial score (nSPS) is 11.4. The lowest BCUT2D eigenvalue weighted by atomic mass is 10.0. The largest absolute Gasteiger partial charge is 0.493 e. The van der Waals surface area contributed by atoms with E-state index in [2.05, 4.69) is 0 Å². The van der Waals surface area contributed by atoms with E-state index in [1.54, 1.807) is 0 Å². The van der Waals surface area contributed by atoms with Crippen LogP contribution in [0.1, 0.15) is 18.1 Å². The molecule has 0 bridgehead atoms. The maximum absolute atomic E-state index is 13.3. The lowest BCUT2D eigenvalue weighted by Crippen LogP contribution is -2.11. The second-order valence-electron chi connectivity index (χ2n) is 3.43. The highest BCUT2D eigenvalue weighted by Gasteiger charge is 2.31. The first-order valence-electron chi connectivity index (χ1n) is 4.68. The van der Waals surface area contributed by atoms with Gasteiger partial charge in [0.25, 0.3) is 5.92 Å². The zero-order valence-electron chi connectivity index (χ0n) is 9.38. The maximum Gasteiger partial charge on any atom is 0.274 e. The number of hydrogen-bond acceptors (Lipinski definition) is 3. The Kier molecular flexibility index (Phi) is 3.70. The Morgan fingerprint density at radius 1 is 1.25 bits per heavy atom. The van der Waals surface area contributed by atoms with E-state index in [-0.39, 0.29) is 23.7 Å². The molecule has 0 amide bonds. The molecule has 0 spiro atoms. The molecule has 0 saturated carbocycles. The fourth-order valence-corrected chi connectivity index (χ4v) is 1.44. The quantitative estimate of drug-likeness (QED) is 0.865. The van der Waals surface area contributed by atoms with E-state index < -0.39 is 5.92 Å². The molecule has 0 aliphatic heterocycles. The molecule has 3 nitrogen and oxygen atoms in total. The van der Waals surface area contributed by atoms with Crippen molar-refractivity contribution in [3.8, 4) is 11.5 Å². The highest BCUT2D eigenvalue weighted by molar-refractivity contribution is 5.51. The third kappa shape index (κ3) is 2.41. The van der Waals surface area contributed by atoms with Gasteiger partial charge in [0.15, 0.2) is 11.5 Å². The van der Waals surface area contributed by atoms with Gasteiger partial charge < -0.3 is 14.6 Å². The Balaban J connectivity index is 3.43. The van der Waals surface area contributed by atoms with Crippen LogP contribution in [0.3, 0.4) is 0 Å². The average molecular weight is 232 g/mol. The third-order valence-electron chi connectivity index (χ3n) is 2.19. The average Bonchev–Trinajstić information content (AvgIpc) is 2.25. The number of hydrogen-bond donors (Lipinski definition) is 1. The van der Waals surface area contributed by atoms with Gasteiger partial charge in [0.1, 0.15) is 0 Å². The summed E-state index contributed by atoms with van der Waals surface area (Å²) in [6, 6.07) is 2.68. The van der Waals surface area contributed by atoms with Crippen LogP contribution in [-0.4, -0.2) is 19.3 Å². The fraction of sp³-hybridized carbons (Fsp3) is 0.455. The van der Waals surface area contributed by atoms with E-state index in [9.17, 15) is 8.78 Å². The summed E-state index contributed by atoms with van der Waals surface area (Å²) < 4.78 is 36.5. The first-order chi connectivity index (χ1) is 7.43. The number of aliphatic hydroxyl groups excluding tert-OH is 1. The highest BCUT2D eigenvalue weighted by Crippen LogP contribution is 2.41. The van der Waals surface area contributed by atoms with Crippen molar-refractivity contribution < 1.29 is 23.4 Å². The summed E-state index contributed by atoms with van der Waals surface area (Å²) in [5.41, 5.74) is 0.0626. The second-order valence-corrected chi connectivity index (χ2v) is 3.43. The van der Waals surface area contributed by atoms with Crippen LogP contribution in [0.2, 0.25) is 0 Å². The van der Waals surface area contributed by atoms with E-state index in [0.29, 0.717) is 5.56 Å². The van der Waals surface area contributed by atoms with Gasteiger partial charge in [-0.05, 0) is 17.7 Å². The van der Waals surface area contributed by atoms with Crippen LogP contribution in [-0.2, 0) is 12.5 Å². The van der Waals surface area contributed by atoms with Crippen LogP contribution in [0.15, 0.2) is 12.1 Å². The van der Waals surface area contributed by atoms with Gasteiger partial charge in [-0.1, -0.05) is 0 Å². The predicted molar refractivity (Wildman–Crippen MR) is 55.0 cm³/mol. The molecule has 0 fully saturated rings. The number of aliphatic hydroxyl groups is 1. The smallest absolute Gasteiger partial charge is 0.274 e. The summed E-state index contributed by atoms with van der Waals surface area (Å²) in [6.07, 6.45) is 0. The highest BCUT2D eigenvalue weighted by atomic mass is 19.3. The van der Waals surface area contributed by atoms with E-state index in [0.717, 1.165) is 6.92 Å². The summed E-state index contributed by atoms with van der Waals surface area (Å²) in [5.74, 6) is -2.87. The Morgan fingerprint density at radius 3 is 2.25 bits per heavy atom. The van der Waals surface area contributed by atoms with Gasteiger partial charge in [0, 0.05) is 6.92 Å². The van der Waals surface area contributed by atoms with Crippen LogP contribution in [0.25, 0.3) is 0 Å². The summed E-state index contributed by atoms with van der Waals surface area (Å²) in [5, 5.41) is 8.97. The minimum Gasteiger partial charge on any atom is -0.493 e. The Labute approximate surface area is 92.6 Å². The Bertz CT molecular complexity index is 372. The van der Waals surface area contributed by atoms with E-state index in [1.165, 1.54) is 26.4 Å². The van der Waals surface area contributed by atoms with Crippen molar-refractivity contribution >= 4 is 0 Å². The summed E-state index contributed by atoms with van der Waals surface area (Å²) in [7, 11) is 2.66. The molecule has 1 aromatic carbocycles. The maximum atomic E-state index is 13.3. The van der Waals surface area contributed by atoms with Gasteiger partial charge in [-0.3, -0.25) is 0 Å². The molecule has 1 aromatic rings. The molecule has 0 aliphatic rings. The van der Waals surface area contributed by atoms with Gasteiger partial charge in [0.2, 0.25) is 0 Å². The van der Waals surface area contributed by atoms with Crippen molar-refractivity contribution in [1.29, 1.82) is 0 Å². The van der Waals surface area contributed by atoms with Crippen molar-refractivity contribution in [1.82, 2.24) is 0 Å². The standard InChI is InChI=1S/C11H14F2O3/c1-11(12,13)8-4-7(6-14)5-9(15-2)10(8)16-3/h4-5,14H,6H2,1-3H3. The molecule has 1 N–H and O–H groups in total. The molecule has 0 heterocycles. The van der Waals surface area contributed by atoms with Gasteiger partial charge in [0.05, 0.1) is 26.4 Å². The summed E-state index contributed by atoms with van der Waals surface area (Å²) in [6.45, 7) is 0.439. The van der Waals surface area contributed by atoms with E-state index in [1.807, 2.05) is 0 Å². The number of benzene rings is 1. The number of rotatable bonds is 4. The first-order valence-corrected chi connectivity index (χ1v) is 4.68. The molecule has 5 heteroatoms. The fourth-order valence-electron chi connectivity index (χ4n) is 1.44. The van der Waals surface area contributed by atoms with Gasteiger partial charge in [-0.25, -0.2) is 8.78 Å². The minimum atomic E-state index is -3.05. The Hall–Kier alpha value is -1.36. The van der Waals surface area contributed by atoms with Crippen molar-refractivity contribution in [2.24, 2.45) is 0 Å². The minimum absolute atomic E-state index is 0.00722. The van der Waals surface area contributed by atoms with E-state index in [4.69, 9.17) is 14.6 Å². The number of alkyl halides is 2. The topological polar surface area (TPSA) is 38.7 Å². The van der Waals surface area contributed by atoms with E-state index >= 15 is 0 Å². The molecule has 1 rings (SSSR count). The zero-order chi connectivity index (χ0) is 12.3. The lowest BCUT2D eigenvalue weighted by Gasteiger charge is -2.18. The third-order valence-corrected chi connectivity index (χ3v) is 2.19. The predicted octanol–water partition coefficient (Wildman–Crippen LogP) is 2.31. The number of halogens is 2. The molecule has 0 atom stereocenters. The van der Waals surface area contributed by atoms with Crippen molar-refractivity contribution in [3.05, 3.63) is 23.3 Å².